The Morgan fingerprint density at radius 3 is 1.32 bits per heavy atom. The maximum absolute atomic E-state index is 13.4. The summed E-state index contributed by atoms with van der Waals surface area (Å²) >= 11 is 0. The highest BCUT2D eigenvalue weighted by Gasteiger charge is 2.57. The first-order valence-electron chi connectivity index (χ1n) is 13.5. The fraction of sp³-hybridized carbons (Fsp3) is 0.448. The second kappa shape index (κ2) is 11.8. The second-order valence-corrected chi connectivity index (χ2v) is 11.3. The van der Waals surface area contributed by atoms with Gasteiger partial charge in [-0.1, -0.05) is 36.4 Å². The Bertz CT molecular complexity index is 1170. The van der Waals surface area contributed by atoms with Gasteiger partial charge in [0.05, 0.1) is 25.3 Å². The molecule has 4 N–H and O–H groups in total. The number of benzene rings is 2. The van der Waals surface area contributed by atoms with E-state index in [0.29, 0.717) is 0 Å². The largest absolute Gasteiger partial charge is 0.389 e. The minimum atomic E-state index is -1.32. The molecule has 0 bridgehead atoms. The molecule has 0 spiro atoms. The first-order chi connectivity index (χ1) is 19.3. The number of hydrogen-bond acceptors (Lipinski definition) is 8. The molecule has 2 aliphatic heterocycles. The van der Waals surface area contributed by atoms with E-state index in [-0.39, 0.29) is 32.8 Å². The van der Waals surface area contributed by atoms with Gasteiger partial charge in [-0.15, -0.1) is 0 Å². The summed E-state index contributed by atoms with van der Waals surface area (Å²) < 4.78 is 0. The number of amides is 6. The van der Waals surface area contributed by atoms with Crippen molar-refractivity contribution in [1.29, 1.82) is 0 Å². The summed E-state index contributed by atoms with van der Waals surface area (Å²) in [5.74, 6) is -1.03. The van der Waals surface area contributed by atoms with Crippen molar-refractivity contribution in [2.75, 3.05) is 43.5 Å². The lowest BCUT2D eigenvalue weighted by Gasteiger charge is -2.36. The molecule has 2 saturated heterocycles. The summed E-state index contributed by atoms with van der Waals surface area (Å²) in [6, 6.07) is 17.1. The van der Waals surface area contributed by atoms with Crippen molar-refractivity contribution in [3.8, 4) is 0 Å². The maximum Gasteiger partial charge on any atom is 0.329 e. The Morgan fingerprint density at radius 2 is 0.976 bits per heavy atom. The molecule has 2 aromatic carbocycles. The molecule has 0 saturated carbocycles. The molecular weight excluding hydrogens is 528 g/mol. The molecule has 0 unspecified atom stereocenters. The minimum absolute atomic E-state index is 0.115. The van der Waals surface area contributed by atoms with E-state index in [2.05, 4.69) is 10.6 Å². The number of nitrogens with zero attached hydrogens (tertiary/aromatic N) is 4. The predicted molar refractivity (Wildman–Crippen MR) is 153 cm³/mol. The van der Waals surface area contributed by atoms with Crippen LogP contribution in [0.5, 0.6) is 0 Å². The van der Waals surface area contributed by atoms with Crippen LogP contribution in [0.2, 0.25) is 0 Å². The Labute approximate surface area is 239 Å². The first kappa shape index (κ1) is 29.8. The molecule has 0 aliphatic carbocycles. The van der Waals surface area contributed by atoms with E-state index >= 15 is 0 Å². The Morgan fingerprint density at radius 1 is 0.634 bits per heavy atom. The molecule has 2 fully saturated rings. The highest BCUT2D eigenvalue weighted by atomic mass is 16.3. The zero-order chi connectivity index (χ0) is 29.9. The molecule has 0 aromatic heterocycles. The van der Waals surface area contributed by atoms with Crippen LogP contribution in [0.3, 0.4) is 0 Å². The molecule has 12 nitrogen and oxygen atoms in total. The zero-order valence-corrected chi connectivity index (χ0v) is 23.8. The van der Waals surface area contributed by atoms with E-state index in [1.165, 1.54) is 9.80 Å². The molecule has 2 aromatic rings. The number of hydrogen-bond donors (Lipinski definition) is 4. The summed E-state index contributed by atoms with van der Waals surface area (Å²) in [6.45, 7) is 5.69. The third-order valence-electron chi connectivity index (χ3n) is 7.51. The number of rotatable bonds is 12. The number of aliphatic hydroxyl groups is 2. The minimum Gasteiger partial charge on any atom is -0.389 e. The summed E-state index contributed by atoms with van der Waals surface area (Å²) in [5.41, 5.74) is -1.07. The molecule has 12 heteroatoms. The van der Waals surface area contributed by atoms with E-state index < -0.39 is 47.2 Å². The van der Waals surface area contributed by atoms with Gasteiger partial charge < -0.3 is 20.8 Å². The SMILES string of the molecule is CC1(C)C(=O)N(C[C@H](O)CNc2ccccc2)C(=O)N1CN1C(=O)N(C[C@H](O)CNc2ccccc2)C(=O)C1(C)C. The van der Waals surface area contributed by atoms with Gasteiger partial charge in [0.15, 0.2) is 0 Å². The van der Waals surface area contributed by atoms with Crippen LogP contribution in [0.25, 0.3) is 0 Å². The quantitative estimate of drug-likeness (QED) is 0.286. The van der Waals surface area contributed by atoms with E-state index in [1.807, 2.05) is 60.7 Å². The third-order valence-corrected chi connectivity index (χ3v) is 7.51. The monoisotopic (exact) mass is 566 g/mol. The molecule has 0 radical (unpaired) electrons. The van der Waals surface area contributed by atoms with E-state index in [4.69, 9.17) is 0 Å². The van der Waals surface area contributed by atoms with Crippen LogP contribution in [0, 0.1) is 0 Å². The lowest BCUT2D eigenvalue weighted by molar-refractivity contribution is -0.133. The number of carbonyl (C=O) groups excluding carboxylic acids is 4. The Kier molecular flexibility index (Phi) is 8.55. The Balaban J connectivity index is 1.40. The average Bonchev–Trinajstić information content (AvgIpc) is 3.21. The number of β-amino-alcohol motifs (C(OH)–C–C–N with tert-alkyl or cyclic N) is 2. The van der Waals surface area contributed by atoms with Crippen LogP contribution in [0.4, 0.5) is 21.0 Å². The van der Waals surface area contributed by atoms with E-state index in [1.54, 1.807) is 27.7 Å². The van der Waals surface area contributed by atoms with Crippen molar-refractivity contribution in [2.45, 2.75) is 51.0 Å². The molecule has 6 amide bonds. The second-order valence-electron chi connectivity index (χ2n) is 11.3. The summed E-state index contributed by atoms with van der Waals surface area (Å²) in [7, 11) is 0. The van der Waals surface area contributed by atoms with Crippen molar-refractivity contribution in [3.05, 3.63) is 60.7 Å². The Hall–Kier alpha value is -4.16. The third kappa shape index (κ3) is 6.13. The molecule has 2 aliphatic rings. The smallest absolute Gasteiger partial charge is 0.329 e. The molecule has 2 heterocycles. The molecule has 41 heavy (non-hydrogen) atoms. The fourth-order valence-electron chi connectivity index (χ4n) is 4.91. The van der Waals surface area contributed by atoms with Crippen LogP contribution in [-0.4, -0.2) is 110 Å². The summed E-state index contributed by atoms with van der Waals surface area (Å²) in [4.78, 5) is 57.8. The van der Waals surface area contributed by atoms with Crippen molar-refractivity contribution < 1.29 is 29.4 Å². The fourth-order valence-corrected chi connectivity index (χ4v) is 4.91. The zero-order valence-electron chi connectivity index (χ0n) is 23.8. The number of urea groups is 2. The van der Waals surface area contributed by atoms with E-state index in [9.17, 15) is 29.4 Å². The van der Waals surface area contributed by atoms with Crippen LogP contribution < -0.4 is 10.6 Å². The number of anilines is 2. The van der Waals surface area contributed by atoms with Crippen LogP contribution in [-0.2, 0) is 9.59 Å². The van der Waals surface area contributed by atoms with Gasteiger partial charge in [0.1, 0.15) is 17.7 Å². The number of carbonyl (C=O) groups is 4. The standard InChI is InChI=1S/C29H38N6O6/c1-28(2)24(38)32(17-22(36)15-30-20-11-7-5-8-12-20)26(40)34(28)19-35-27(41)33(25(39)29(35,3)4)18-23(37)16-31-21-13-9-6-10-14-21/h5-14,22-23,30-31,36-37H,15-19H2,1-4H3/t22-,23-/m1/s1. The van der Waals surface area contributed by atoms with Gasteiger partial charge in [-0.2, -0.15) is 0 Å². The van der Waals surface area contributed by atoms with Crippen molar-refractivity contribution in [2.24, 2.45) is 0 Å². The normalized spacial score (nSPS) is 19.7. The molecule has 220 valence electrons. The first-order valence-corrected chi connectivity index (χ1v) is 13.5. The van der Waals surface area contributed by atoms with Gasteiger partial charge in [0, 0.05) is 24.5 Å². The number of imide groups is 2. The van der Waals surface area contributed by atoms with Gasteiger partial charge in [0.2, 0.25) is 0 Å². The van der Waals surface area contributed by atoms with Crippen LogP contribution in [0.15, 0.2) is 60.7 Å². The predicted octanol–water partition coefficient (Wildman–Crippen LogP) is 1.98. The molecule has 4 rings (SSSR count). The number of nitrogens with one attached hydrogen (secondary N) is 2. The topological polar surface area (TPSA) is 146 Å². The lowest BCUT2D eigenvalue weighted by atomic mass is 10.0. The average molecular weight is 567 g/mol. The van der Waals surface area contributed by atoms with Gasteiger partial charge in [0.25, 0.3) is 11.8 Å². The van der Waals surface area contributed by atoms with Crippen molar-refractivity contribution >= 4 is 35.3 Å². The van der Waals surface area contributed by atoms with Gasteiger partial charge in [-0.3, -0.25) is 29.2 Å². The molecular formula is C29H38N6O6. The highest BCUT2D eigenvalue weighted by Crippen LogP contribution is 2.33. The summed E-state index contributed by atoms with van der Waals surface area (Å²) in [6.07, 6.45) is -2.07. The van der Waals surface area contributed by atoms with Crippen molar-refractivity contribution in [3.63, 3.8) is 0 Å². The highest BCUT2D eigenvalue weighted by molar-refractivity contribution is 6.08. The van der Waals surface area contributed by atoms with E-state index in [0.717, 1.165) is 21.2 Å². The van der Waals surface area contributed by atoms with Crippen LogP contribution in [0.1, 0.15) is 27.7 Å². The lowest BCUT2D eigenvalue weighted by Crippen LogP contribution is -2.55. The van der Waals surface area contributed by atoms with Crippen LogP contribution >= 0.6 is 0 Å². The van der Waals surface area contributed by atoms with Gasteiger partial charge in [-0.25, -0.2) is 9.59 Å². The maximum atomic E-state index is 13.4. The number of para-hydroxylation sites is 2. The van der Waals surface area contributed by atoms with Gasteiger partial charge >= 0.3 is 12.1 Å². The molecule has 2 atom stereocenters. The number of aliphatic hydroxyl groups excluding tert-OH is 2. The van der Waals surface area contributed by atoms with Gasteiger partial charge in [-0.05, 0) is 52.0 Å². The van der Waals surface area contributed by atoms with Crippen molar-refractivity contribution in [1.82, 2.24) is 19.6 Å². The summed E-state index contributed by atoms with van der Waals surface area (Å²) in [5, 5.41) is 27.3.